The van der Waals surface area contributed by atoms with Gasteiger partial charge in [0.25, 0.3) is 0 Å². The molecule has 0 aromatic rings. The molecule has 21 heteroatoms. The smallest absolute Gasteiger partial charge is 0.250 e. The third-order valence-electron chi connectivity index (χ3n) is 9.36. The maximum Gasteiger partial charge on any atom is 0.250 e. The molecule has 3 aliphatic heterocycles. The second-order valence-electron chi connectivity index (χ2n) is 12.9. The molecule has 1 unspecified atom stereocenters. The summed E-state index contributed by atoms with van der Waals surface area (Å²) >= 11 is 0. The fourth-order valence-electron chi connectivity index (χ4n) is 6.47. The molecule has 3 heterocycles. The van der Waals surface area contributed by atoms with E-state index in [9.17, 15) is 35.4 Å². The summed E-state index contributed by atoms with van der Waals surface area (Å²) in [6, 6.07) is -3.85. The summed E-state index contributed by atoms with van der Waals surface area (Å²) in [5, 5.41) is 78.2. The van der Waals surface area contributed by atoms with Crippen LogP contribution in [0.25, 0.3) is 0 Å². The Morgan fingerprint density at radius 1 is 0.796 bits per heavy atom. The number of nitrogens with one attached hydrogen (secondary N) is 2. The SMILES string of the molecule is NCC(O)C(=O)N[C@@H]1C[C@H](N)[C@@H](O[C@H]2O[C@H](CNCCO)CC[C@H]2N)[C@H](O[C@@H]2O[C@H](CO)[C@@H](O[C@H]3O[C@@H](CN)[C@@H](O)[C@H](O)[C@H]3N)[C@H]2O)[C@H]1O. The van der Waals surface area contributed by atoms with Gasteiger partial charge in [-0.3, -0.25) is 4.79 Å². The van der Waals surface area contributed by atoms with E-state index >= 15 is 0 Å². The van der Waals surface area contributed by atoms with Gasteiger partial charge in [-0.25, -0.2) is 0 Å². The van der Waals surface area contributed by atoms with Crippen molar-refractivity contribution in [2.45, 2.75) is 129 Å². The van der Waals surface area contributed by atoms with Crippen LogP contribution in [0.1, 0.15) is 19.3 Å². The molecule has 0 bridgehead atoms. The van der Waals surface area contributed by atoms with E-state index in [2.05, 4.69) is 10.6 Å². The minimum absolute atomic E-state index is 0.0371. The van der Waals surface area contributed by atoms with Gasteiger partial charge in [-0.2, -0.15) is 0 Å². The number of hydrogen-bond donors (Lipinski definition) is 14. The highest BCUT2D eigenvalue weighted by molar-refractivity contribution is 5.81. The third-order valence-corrected chi connectivity index (χ3v) is 9.36. The van der Waals surface area contributed by atoms with Crippen LogP contribution in [0.2, 0.25) is 0 Å². The number of ether oxygens (including phenoxy) is 6. The number of aliphatic hydroxyl groups excluding tert-OH is 7. The molecule has 1 amide bonds. The van der Waals surface area contributed by atoms with E-state index in [-0.39, 0.29) is 32.2 Å². The lowest BCUT2D eigenvalue weighted by atomic mass is 9.83. The van der Waals surface area contributed by atoms with Crippen LogP contribution in [-0.4, -0.2) is 191 Å². The molecule has 1 saturated carbocycles. The molecule has 49 heavy (non-hydrogen) atoms. The predicted molar refractivity (Wildman–Crippen MR) is 165 cm³/mol. The first kappa shape index (κ1) is 40.5. The Hall–Kier alpha value is -1.29. The van der Waals surface area contributed by atoms with Crippen LogP contribution in [0.5, 0.6) is 0 Å². The van der Waals surface area contributed by atoms with E-state index in [0.717, 1.165) is 0 Å². The highest BCUT2D eigenvalue weighted by Gasteiger charge is 2.54. The van der Waals surface area contributed by atoms with Crippen molar-refractivity contribution < 1.29 is 69.0 Å². The summed E-state index contributed by atoms with van der Waals surface area (Å²) < 4.78 is 35.7. The van der Waals surface area contributed by atoms with Gasteiger partial charge in [-0.15, -0.1) is 0 Å². The standard InChI is InChI=1S/C28H55N7O14/c29-6-14(38)25(43)35-13-5-12(32)22(47-26-11(31)2-1-10(44-26)8-34-3-4-36)24(18(13)39)49-28-21(42)23(16(9-37)46-28)48-27-17(33)20(41)19(40)15(7-30)45-27/h10-24,26-28,34,36-42H,1-9,29-33H2,(H,35,43)/t10-,11+,12-,13+,14?,15-,16+,17+,18-,19+,20+,21+,22+,23+,24+,26+,27+,28-/m0/s1. The van der Waals surface area contributed by atoms with E-state index in [1.807, 2.05) is 0 Å². The predicted octanol–water partition coefficient (Wildman–Crippen LogP) is -8.74. The monoisotopic (exact) mass is 713 g/mol. The second-order valence-corrected chi connectivity index (χ2v) is 12.9. The number of nitrogens with two attached hydrogens (primary N) is 5. The summed E-state index contributed by atoms with van der Waals surface area (Å²) in [4.78, 5) is 12.5. The molecule has 3 saturated heterocycles. The fourth-order valence-corrected chi connectivity index (χ4v) is 6.47. The summed E-state index contributed by atoms with van der Waals surface area (Å²) in [5.74, 6) is -0.856. The van der Waals surface area contributed by atoms with E-state index < -0.39 is 117 Å². The summed E-state index contributed by atoms with van der Waals surface area (Å²) in [6.07, 6.45) is -17.0. The Balaban J connectivity index is 1.53. The topological polar surface area (TPSA) is 368 Å². The molecule has 4 fully saturated rings. The van der Waals surface area contributed by atoms with Gasteiger partial charge in [0, 0.05) is 32.2 Å². The maximum absolute atomic E-state index is 12.5. The normalized spacial score (nSPS) is 45.3. The first-order valence-corrected chi connectivity index (χ1v) is 16.6. The van der Waals surface area contributed by atoms with E-state index in [1.54, 1.807) is 0 Å². The largest absolute Gasteiger partial charge is 0.395 e. The van der Waals surface area contributed by atoms with Crippen molar-refractivity contribution in [3.05, 3.63) is 0 Å². The average Bonchev–Trinajstić information content (AvgIpc) is 3.38. The number of aliphatic hydroxyl groups is 7. The van der Waals surface area contributed by atoms with Gasteiger partial charge in [-0.1, -0.05) is 0 Å². The van der Waals surface area contributed by atoms with Crippen molar-refractivity contribution in [2.24, 2.45) is 28.7 Å². The van der Waals surface area contributed by atoms with Gasteiger partial charge in [0.15, 0.2) is 18.9 Å². The lowest BCUT2D eigenvalue weighted by Gasteiger charge is -2.46. The number of amides is 1. The molecule has 0 radical (unpaired) electrons. The summed E-state index contributed by atoms with van der Waals surface area (Å²) in [6.45, 7) is -0.519. The number of carbonyl (C=O) groups excluding carboxylic acids is 1. The molecule has 18 atom stereocenters. The van der Waals surface area contributed by atoms with E-state index in [1.165, 1.54) is 0 Å². The van der Waals surface area contributed by atoms with Gasteiger partial charge < -0.3 is 103 Å². The molecule has 21 nitrogen and oxygen atoms in total. The Morgan fingerprint density at radius 3 is 2.12 bits per heavy atom. The Labute approximate surface area is 283 Å². The second kappa shape index (κ2) is 18.5. The van der Waals surface area contributed by atoms with Gasteiger partial charge in [0.05, 0.1) is 37.4 Å². The van der Waals surface area contributed by atoms with Gasteiger partial charge >= 0.3 is 0 Å². The molecule has 0 aromatic heterocycles. The van der Waals surface area contributed by atoms with Crippen molar-refractivity contribution >= 4 is 5.91 Å². The zero-order valence-electron chi connectivity index (χ0n) is 27.1. The molecule has 4 rings (SSSR count). The lowest BCUT2D eigenvalue weighted by Crippen LogP contribution is -2.67. The van der Waals surface area contributed by atoms with Crippen LogP contribution in [0.15, 0.2) is 0 Å². The van der Waals surface area contributed by atoms with Crippen molar-refractivity contribution in [3.63, 3.8) is 0 Å². The number of rotatable bonds is 15. The minimum atomic E-state index is -1.65. The van der Waals surface area contributed by atoms with E-state index in [0.29, 0.717) is 25.9 Å². The summed E-state index contributed by atoms with van der Waals surface area (Å²) in [5.41, 5.74) is 30.0. The first-order chi connectivity index (χ1) is 23.3. The van der Waals surface area contributed by atoms with Crippen molar-refractivity contribution in [1.82, 2.24) is 10.6 Å². The quantitative estimate of drug-likeness (QED) is 0.0700. The van der Waals surface area contributed by atoms with Gasteiger partial charge in [0.1, 0.15) is 61.0 Å². The molecule has 19 N–H and O–H groups in total. The van der Waals surface area contributed by atoms with Crippen LogP contribution in [0.3, 0.4) is 0 Å². The third kappa shape index (κ3) is 9.58. The van der Waals surface area contributed by atoms with Crippen LogP contribution in [0, 0.1) is 0 Å². The fraction of sp³-hybridized carbons (Fsp3) is 0.964. The highest BCUT2D eigenvalue weighted by atomic mass is 16.8. The molecular formula is C28H55N7O14. The maximum atomic E-state index is 12.5. The Kier molecular flexibility index (Phi) is 15.3. The Bertz CT molecular complexity index is 1030. The van der Waals surface area contributed by atoms with Gasteiger partial charge in [-0.05, 0) is 19.3 Å². The summed E-state index contributed by atoms with van der Waals surface area (Å²) in [7, 11) is 0. The van der Waals surface area contributed by atoms with E-state index in [4.69, 9.17) is 62.2 Å². The molecular weight excluding hydrogens is 658 g/mol. The molecule has 4 aliphatic rings. The van der Waals surface area contributed by atoms with Crippen LogP contribution in [-0.2, 0) is 33.2 Å². The zero-order chi connectivity index (χ0) is 36.0. The molecule has 0 aromatic carbocycles. The minimum Gasteiger partial charge on any atom is -0.395 e. The van der Waals surface area contributed by atoms with Crippen molar-refractivity contribution in [3.8, 4) is 0 Å². The van der Waals surface area contributed by atoms with Crippen LogP contribution >= 0.6 is 0 Å². The Morgan fingerprint density at radius 2 is 1.47 bits per heavy atom. The lowest BCUT2D eigenvalue weighted by molar-refractivity contribution is -0.290. The van der Waals surface area contributed by atoms with Crippen LogP contribution < -0.4 is 39.3 Å². The highest BCUT2D eigenvalue weighted by Crippen LogP contribution is 2.34. The van der Waals surface area contributed by atoms with Gasteiger partial charge in [0.2, 0.25) is 5.91 Å². The molecule has 0 spiro atoms. The average molecular weight is 714 g/mol. The number of carbonyl (C=O) groups is 1. The first-order valence-electron chi connectivity index (χ1n) is 16.6. The van der Waals surface area contributed by atoms with Crippen molar-refractivity contribution in [1.29, 1.82) is 0 Å². The van der Waals surface area contributed by atoms with Crippen molar-refractivity contribution in [2.75, 3.05) is 39.4 Å². The zero-order valence-corrected chi connectivity index (χ0v) is 27.1. The molecule has 286 valence electrons. The molecule has 1 aliphatic carbocycles. The number of hydrogen-bond acceptors (Lipinski definition) is 20. The van der Waals surface area contributed by atoms with Crippen LogP contribution in [0.4, 0.5) is 0 Å².